The van der Waals surface area contributed by atoms with Crippen LogP contribution in [-0.2, 0) is 10.0 Å². The van der Waals surface area contributed by atoms with Crippen LogP contribution < -0.4 is 10.0 Å². The number of nitrogens with zero attached hydrogens (tertiary/aromatic N) is 2. The van der Waals surface area contributed by atoms with E-state index >= 15 is 0 Å². The molecule has 0 amide bonds. The van der Waals surface area contributed by atoms with E-state index in [9.17, 15) is 12.8 Å². The summed E-state index contributed by atoms with van der Waals surface area (Å²) in [6.45, 7) is 3.40. The second-order valence-electron chi connectivity index (χ2n) is 5.72. The fourth-order valence-electron chi connectivity index (χ4n) is 2.61. The van der Waals surface area contributed by atoms with Crippen molar-refractivity contribution in [1.82, 2.24) is 19.8 Å². The Bertz CT molecular complexity index is 798. The molecule has 6 nitrogen and oxygen atoms in total. The monoisotopic (exact) mass is 338 g/mol. The predicted molar refractivity (Wildman–Crippen MR) is 84.5 cm³/mol. The average Bonchev–Trinajstić information content (AvgIpc) is 2.94. The van der Waals surface area contributed by atoms with E-state index in [2.05, 4.69) is 15.1 Å². The average molecular weight is 338 g/mol. The molecule has 1 saturated heterocycles. The SMILES string of the molecule is Cc1cnn(-c2ccc(S(=O)(=O)NC3CCNCC3)cc2F)c1. The third-order valence-corrected chi connectivity index (χ3v) is 5.37. The fraction of sp³-hybridized carbons (Fsp3) is 0.400. The topological polar surface area (TPSA) is 76.0 Å². The number of sulfonamides is 1. The Balaban J connectivity index is 1.84. The van der Waals surface area contributed by atoms with Crippen LogP contribution in [0.5, 0.6) is 0 Å². The van der Waals surface area contributed by atoms with Gasteiger partial charge in [-0.1, -0.05) is 0 Å². The van der Waals surface area contributed by atoms with E-state index in [1.165, 1.54) is 16.8 Å². The van der Waals surface area contributed by atoms with Crippen molar-refractivity contribution in [2.75, 3.05) is 13.1 Å². The highest BCUT2D eigenvalue weighted by Gasteiger charge is 2.22. The Morgan fingerprint density at radius 2 is 2.09 bits per heavy atom. The zero-order chi connectivity index (χ0) is 16.4. The van der Waals surface area contributed by atoms with Crippen LogP contribution in [0.4, 0.5) is 4.39 Å². The molecule has 0 atom stereocenters. The van der Waals surface area contributed by atoms with Crippen LogP contribution in [0.2, 0.25) is 0 Å². The lowest BCUT2D eigenvalue weighted by Gasteiger charge is -2.23. The maximum atomic E-state index is 14.3. The molecule has 2 heterocycles. The zero-order valence-electron chi connectivity index (χ0n) is 12.8. The summed E-state index contributed by atoms with van der Waals surface area (Å²) in [4.78, 5) is -0.0684. The Morgan fingerprint density at radius 3 is 2.70 bits per heavy atom. The number of piperidine rings is 1. The van der Waals surface area contributed by atoms with Crippen molar-refractivity contribution in [3.8, 4) is 5.69 Å². The standard InChI is InChI=1S/C15H19FN4O2S/c1-11-9-18-20(10-11)15-3-2-13(8-14(15)16)23(21,22)19-12-4-6-17-7-5-12/h2-3,8-10,12,17,19H,4-7H2,1H3. The first kappa shape index (κ1) is 16.1. The minimum atomic E-state index is -3.72. The largest absolute Gasteiger partial charge is 0.317 e. The lowest BCUT2D eigenvalue weighted by Crippen LogP contribution is -2.42. The van der Waals surface area contributed by atoms with Gasteiger partial charge in [-0.2, -0.15) is 5.10 Å². The summed E-state index contributed by atoms with van der Waals surface area (Å²) in [6.07, 6.45) is 4.75. The Kier molecular flexibility index (Phi) is 4.47. The van der Waals surface area contributed by atoms with Gasteiger partial charge in [0.05, 0.1) is 11.1 Å². The van der Waals surface area contributed by atoms with Gasteiger partial charge in [-0.25, -0.2) is 22.2 Å². The van der Waals surface area contributed by atoms with Gasteiger partial charge in [0.2, 0.25) is 10.0 Å². The number of hydrogen-bond acceptors (Lipinski definition) is 4. The van der Waals surface area contributed by atoms with Gasteiger partial charge in [0.25, 0.3) is 0 Å². The van der Waals surface area contributed by atoms with Crippen LogP contribution in [0.25, 0.3) is 5.69 Å². The van der Waals surface area contributed by atoms with Gasteiger partial charge in [-0.05, 0) is 56.6 Å². The Labute approximate surface area is 134 Å². The third-order valence-electron chi connectivity index (χ3n) is 3.85. The molecule has 1 fully saturated rings. The van der Waals surface area contributed by atoms with Gasteiger partial charge in [0.1, 0.15) is 11.5 Å². The lowest BCUT2D eigenvalue weighted by molar-refractivity contribution is 0.427. The van der Waals surface area contributed by atoms with E-state index in [1.807, 2.05) is 6.92 Å². The van der Waals surface area contributed by atoms with Crippen molar-refractivity contribution in [3.05, 3.63) is 42.0 Å². The number of aryl methyl sites for hydroxylation is 1. The van der Waals surface area contributed by atoms with E-state index in [-0.39, 0.29) is 16.6 Å². The van der Waals surface area contributed by atoms with Gasteiger partial charge in [-0.3, -0.25) is 0 Å². The molecular formula is C15H19FN4O2S. The van der Waals surface area contributed by atoms with Gasteiger partial charge in [-0.15, -0.1) is 0 Å². The minimum absolute atomic E-state index is 0.0684. The van der Waals surface area contributed by atoms with Crippen LogP contribution in [0.1, 0.15) is 18.4 Å². The predicted octanol–water partition coefficient (Wildman–Crippen LogP) is 1.35. The normalized spacial score (nSPS) is 16.6. The lowest BCUT2D eigenvalue weighted by atomic mass is 10.1. The molecule has 1 aliphatic rings. The van der Waals surface area contributed by atoms with Crippen molar-refractivity contribution < 1.29 is 12.8 Å². The number of rotatable bonds is 4. The summed E-state index contributed by atoms with van der Waals surface area (Å²) >= 11 is 0. The van der Waals surface area contributed by atoms with Gasteiger partial charge < -0.3 is 5.32 Å². The van der Waals surface area contributed by atoms with Gasteiger partial charge in [0, 0.05) is 12.2 Å². The zero-order valence-corrected chi connectivity index (χ0v) is 13.6. The molecule has 2 N–H and O–H groups in total. The summed E-state index contributed by atoms with van der Waals surface area (Å²) in [7, 11) is -3.72. The molecule has 1 aromatic carbocycles. The number of halogens is 1. The number of nitrogens with one attached hydrogen (secondary N) is 2. The summed E-state index contributed by atoms with van der Waals surface area (Å²) in [5, 5.41) is 7.21. The highest BCUT2D eigenvalue weighted by molar-refractivity contribution is 7.89. The van der Waals surface area contributed by atoms with Crippen molar-refractivity contribution in [3.63, 3.8) is 0 Å². The molecule has 0 bridgehead atoms. The molecule has 0 radical (unpaired) electrons. The minimum Gasteiger partial charge on any atom is -0.317 e. The highest BCUT2D eigenvalue weighted by atomic mass is 32.2. The maximum Gasteiger partial charge on any atom is 0.240 e. The van der Waals surface area contributed by atoms with E-state index < -0.39 is 15.8 Å². The molecule has 23 heavy (non-hydrogen) atoms. The van der Waals surface area contributed by atoms with Crippen LogP contribution in [-0.4, -0.2) is 37.3 Å². The van der Waals surface area contributed by atoms with Gasteiger partial charge >= 0.3 is 0 Å². The third kappa shape index (κ3) is 3.60. The molecular weight excluding hydrogens is 319 g/mol. The van der Waals surface area contributed by atoms with Crippen LogP contribution in [0, 0.1) is 12.7 Å². The van der Waals surface area contributed by atoms with Crippen LogP contribution >= 0.6 is 0 Å². The fourth-order valence-corrected chi connectivity index (χ4v) is 3.93. The highest BCUT2D eigenvalue weighted by Crippen LogP contribution is 2.19. The number of benzene rings is 1. The first-order valence-corrected chi connectivity index (χ1v) is 8.98. The molecule has 0 spiro atoms. The molecule has 1 aromatic heterocycles. The smallest absolute Gasteiger partial charge is 0.240 e. The number of hydrogen-bond donors (Lipinski definition) is 2. The first-order valence-electron chi connectivity index (χ1n) is 7.50. The Morgan fingerprint density at radius 1 is 1.35 bits per heavy atom. The summed E-state index contributed by atoms with van der Waals surface area (Å²) in [6, 6.07) is 3.76. The van der Waals surface area contributed by atoms with Crippen LogP contribution in [0.3, 0.4) is 0 Å². The molecule has 8 heteroatoms. The molecule has 124 valence electrons. The summed E-state index contributed by atoms with van der Waals surface area (Å²) in [5.41, 5.74) is 1.12. The van der Waals surface area contributed by atoms with E-state index in [4.69, 9.17) is 0 Å². The molecule has 0 saturated carbocycles. The van der Waals surface area contributed by atoms with Gasteiger partial charge in [0.15, 0.2) is 0 Å². The van der Waals surface area contributed by atoms with Crippen molar-refractivity contribution >= 4 is 10.0 Å². The van der Waals surface area contributed by atoms with E-state index in [1.54, 1.807) is 12.4 Å². The Hall–Kier alpha value is -1.77. The molecule has 1 aliphatic heterocycles. The quantitative estimate of drug-likeness (QED) is 0.882. The number of aromatic nitrogens is 2. The molecule has 0 unspecified atom stereocenters. The second kappa shape index (κ2) is 6.38. The maximum absolute atomic E-state index is 14.3. The summed E-state index contributed by atoms with van der Waals surface area (Å²) in [5.74, 6) is -0.624. The first-order chi connectivity index (χ1) is 11.0. The van der Waals surface area contributed by atoms with E-state index in [0.29, 0.717) is 0 Å². The van der Waals surface area contributed by atoms with Crippen molar-refractivity contribution in [1.29, 1.82) is 0 Å². The molecule has 2 aromatic rings. The van der Waals surface area contributed by atoms with Crippen LogP contribution in [0.15, 0.2) is 35.5 Å². The summed E-state index contributed by atoms with van der Waals surface area (Å²) < 4.78 is 43.1. The molecule has 0 aliphatic carbocycles. The molecule has 3 rings (SSSR count). The van der Waals surface area contributed by atoms with Crippen molar-refractivity contribution in [2.24, 2.45) is 0 Å². The second-order valence-corrected chi connectivity index (χ2v) is 7.44. The van der Waals surface area contributed by atoms with Crippen molar-refractivity contribution in [2.45, 2.75) is 30.7 Å². The van der Waals surface area contributed by atoms with E-state index in [0.717, 1.165) is 37.6 Å².